The smallest absolute Gasteiger partial charge is 0.0241 e. The zero-order valence-corrected chi connectivity index (χ0v) is 7.47. The van der Waals surface area contributed by atoms with Crippen molar-refractivity contribution in [2.45, 2.75) is 13.3 Å². The van der Waals surface area contributed by atoms with E-state index in [4.69, 9.17) is 0 Å². The van der Waals surface area contributed by atoms with Gasteiger partial charge >= 0.3 is 0 Å². The number of rotatable bonds is 1. The maximum atomic E-state index is 3.14. The van der Waals surface area contributed by atoms with Crippen LogP contribution < -0.4 is 0 Å². The van der Waals surface area contributed by atoms with Crippen molar-refractivity contribution in [3.05, 3.63) is 33.4 Å². The average molecular weight is 231 g/mol. The Morgan fingerprint density at radius 2 is 2.44 bits per heavy atom. The second-order valence-corrected chi connectivity index (χ2v) is 2.94. The fourth-order valence-corrected chi connectivity index (χ4v) is 1.47. The van der Waals surface area contributed by atoms with Gasteiger partial charge in [0.25, 0.3) is 0 Å². The van der Waals surface area contributed by atoms with E-state index in [1.807, 2.05) is 12.1 Å². The van der Waals surface area contributed by atoms with Gasteiger partial charge in [0.05, 0.1) is 0 Å². The SMILES string of the molecule is CCc1ccc[c]c1I. The Hall–Kier alpha value is -0.0500. The van der Waals surface area contributed by atoms with Crippen LogP contribution in [0.2, 0.25) is 0 Å². The zero-order valence-electron chi connectivity index (χ0n) is 5.32. The molecule has 0 aliphatic carbocycles. The molecule has 0 saturated heterocycles. The van der Waals surface area contributed by atoms with Crippen LogP contribution in [0, 0.1) is 9.64 Å². The van der Waals surface area contributed by atoms with Crippen LogP contribution in [0.25, 0.3) is 0 Å². The lowest BCUT2D eigenvalue weighted by molar-refractivity contribution is 1.12. The third-order valence-corrected chi connectivity index (χ3v) is 2.27. The number of aryl methyl sites for hydroxylation is 1. The molecule has 0 atom stereocenters. The van der Waals surface area contributed by atoms with Crippen LogP contribution in [0.15, 0.2) is 18.2 Å². The summed E-state index contributed by atoms with van der Waals surface area (Å²) in [7, 11) is 0. The van der Waals surface area contributed by atoms with Crippen molar-refractivity contribution in [3.8, 4) is 0 Å². The maximum absolute atomic E-state index is 3.14. The molecule has 0 nitrogen and oxygen atoms in total. The summed E-state index contributed by atoms with van der Waals surface area (Å²) in [5, 5.41) is 0. The first-order valence-electron chi connectivity index (χ1n) is 2.99. The number of hydrogen-bond acceptors (Lipinski definition) is 0. The normalized spacial score (nSPS) is 9.56. The van der Waals surface area contributed by atoms with Gasteiger partial charge in [-0.1, -0.05) is 25.1 Å². The highest BCUT2D eigenvalue weighted by molar-refractivity contribution is 14.1. The molecule has 0 N–H and O–H groups in total. The highest BCUT2D eigenvalue weighted by atomic mass is 127. The van der Waals surface area contributed by atoms with Crippen molar-refractivity contribution in [3.63, 3.8) is 0 Å². The van der Waals surface area contributed by atoms with Crippen molar-refractivity contribution in [1.82, 2.24) is 0 Å². The van der Waals surface area contributed by atoms with Gasteiger partial charge in [-0.05, 0) is 40.6 Å². The molecule has 1 aromatic carbocycles. The molecule has 0 saturated carbocycles. The van der Waals surface area contributed by atoms with Gasteiger partial charge < -0.3 is 0 Å². The minimum atomic E-state index is 1.11. The Morgan fingerprint density at radius 3 is 2.89 bits per heavy atom. The zero-order chi connectivity index (χ0) is 6.69. The lowest BCUT2D eigenvalue weighted by Gasteiger charge is -1.96. The molecule has 0 unspecified atom stereocenters. The summed E-state index contributed by atoms with van der Waals surface area (Å²) >= 11 is 2.30. The molecule has 0 aliphatic rings. The molecule has 0 spiro atoms. The van der Waals surface area contributed by atoms with Gasteiger partial charge in [0, 0.05) is 3.57 Å². The minimum Gasteiger partial charge on any atom is -0.0613 e. The van der Waals surface area contributed by atoms with Crippen molar-refractivity contribution in [2.75, 3.05) is 0 Å². The molecular formula is C8H8I. The van der Waals surface area contributed by atoms with Crippen molar-refractivity contribution in [2.24, 2.45) is 0 Å². The molecule has 0 amide bonds. The van der Waals surface area contributed by atoms with E-state index in [2.05, 4.69) is 41.6 Å². The van der Waals surface area contributed by atoms with Gasteiger partial charge in [-0.25, -0.2) is 0 Å². The molecule has 47 valence electrons. The fourth-order valence-electron chi connectivity index (χ4n) is 0.724. The topological polar surface area (TPSA) is 0 Å². The van der Waals surface area contributed by atoms with Crippen LogP contribution in [0.3, 0.4) is 0 Å². The Kier molecular flexibility index (Phi) is 2.51. The molecule has 0 aromatic heterocycles. The van der Waals surface area contributed by atoms with E-state index in [9.17, 15) is 0 Å². The predicted octanol–water partition coefficient (Wildman–Crippen LogP) is 2.65. The van der Waals surface area contributed by atoms with E-state index in [0.717, 1.165) is 6.42 Å². The van der Waals surface area contributed by atoms with Gasteiger partial charge in [-0.15, -0.1) is 0 Å². The van der Waals surface area contributed by atoms with Gasteiger partial charge in [-0.3, -0.25) is 0 Å². The van der Waals surface area contributed by atoms with Crippen LogP contribution in [0.5, 0.6) is 0 Å². The van der Waals surface area contributed by atoms with Gasteiger partial charge in [0.15, 0.2) is 0 Å². The standard InChI is InChI=1S/C8H8I/c1-2-7-5-3-4-6-8(7)9/h3-5H,2H2,1H3. The Balaban J connectivity index is 3.01. The Morgan fingerprint density at radius 1 is 1.67 bits per heavy atom. The van der Waals surface area contributed by atoms with Gasteiger partial charge in [0.2, 0.25) is 0 Å². The highest BCUT2D eigenvalue weighted by Crippen LogP contribution is 2.10. The lowest BCUT2D eigenvalue weighted by Crippen LogP contribution is -1.82. The summed E-state index contributed by atoms with van der Waals surface area (Å²) in [5.74, 6) is 0. The maximum Gasteiger partial charge on any atom is 0.0241 e. The minimum absolute atomic E-state index is 1.11. The Bertz CT molecular complexity index is 194. The molecule has 0 bridgehead atoms. The third-order valence-electron chi connectivity index (χ3n) is 1.27. The molecule has 0 fully saturated rings. The lowest BCUT2D eigenvalue weighted by atomic mass is 10.2. The molecule has 9 heavy (non-hydrogen) atoms. The molecule has 1 rings (SSSR count). The second-order valence-electron chi connectivity index (χ2n) is 1.86. The summed E-state index contributed by atoms with van der Waals surface area (Å²) in [6.07, 6.45) is 1.11. The highest BCUT2D eigenvalue weighted by Gasteiger charge is 1.91. The summed E-state index contributed by atoms with van der Waals surface area (Å²) in [4.78, 5) is 0. The fraction of sp³-hybridized carbons (Fsp3) is 0.250. The van der Waals surface area contributed by atoms with Crippen molar-refractivity contribution < 1.29 is 0 Å². The van der Waals surface area contributed by atoms with Gasteiger partial charge in [-0.2, -0.15) is 0 Å². The number of hydrogen-bond donors (Lipinski definition) is 0. The predicted molar refractivity (Wildman–Crippen MR) is 47.4 cm³/mol. The van der Waals surface area contributed by atoms with E-state index < -0.39 is 0 Å². The third kappa shape index (κ3) is 1.68. The van der Waals surface area contributed by atoms with E-state index in [0.29, 0.717) is 0 Å². The molecule has 0 aliphatic heterocycles. The quantitative estimate of drug-likeness (QED) is 0.652. The summed E-state index contributed by atoms with van der Waals surface area (Å²) in [5.41, 5.74) is 1.39. The number of benzene rings is 1. The summed E-state index contributed by atoms with van der Waals surface area (Å²) < 4.78 is 1.25. The van der Waals surface area contributed by atoms with Crippen molar-refractivity contribution >= 4 is 22.6 Å². The number of halogens is 1. The van der Waals surface area contributed by atoms with Crippen LogP contribution in [0.1, 0.15) is 12.5 Å². The van der Waals surface area contributed by atoms with E-state index in [1.54, 1.807) is 0 Å². The van der Waals surface area contributed by atoms with Crippen LogP contribution in [-0.4, -0.2) is 0 Å². The second kappa shape index (κ2) is 3.20. The van der Waals surface area contributed by atoms with Crippen LogP contribution in [-0.2, 0) is 6.42 Å². The summed E-state index contributed by atoms with van der Waals surface area (Å²) in [6, 6.07) is 9.25. The molecule has 1 aromatic rings. The van der Waals surface area contributed by atoms with E-state index in [1.165, 1.54) is 9.13 Å². The largest absolute Gasteiger partial charge is 0.0613 e. The molecule has 1 radical (unpaired) electrons. The Labute approximate surface area is 69.4 Å². The van der Waals surface area contributed by atoms with Gasteiger partial charge in [0.1, 0.15) is 0 Å². The molecular weight excluding hydrogens is 223 g/mol. The average Bonchev–Trinajstić information content (AvgIpc) is 1.89. The first kappa shape index (κ1) is 7.06. The first-order valence-corrected chi connectivity index (χ1v) is 4.07. The molecule has 0 heterocycles. The van der Waals surface area contributed by atoms with Crippen LogP contribution >= 0.6 is 22.6 Å². The van der Waals surface area contributed by atoms with Crippen LogP contribution in [0.4, 0.5) is 0 Å². The monoisotopic (exact) mass is 231 g/mol. The van der Waals surface area contributed by atoms with E-state index >= 15 is 0 Å². The molecule has 1 heteroatoms. The summed E-state index contributed by atoms with van der Waals surface area (Å²) in [6.45, 7) is 2.16. The van der Waals surface area contributed by atoms with Crippen molar-refractivity contribution in [1.29, 1.82) is 0 Å². The first-order chi connectivity index (χ1) is 4.34. The van der Waals surface area contributed by atoms with E-state index in [-0.39, 0.29) is 0 Å².